The Balaban J connectivity index is 2.78. The molecule has 5 heteroatoms. The Kier molecular flexibility index (Phi) is 4.49. The Morgan fingerprint density at radius 2 is 2.25 bits per heavy atom. The standard InChI is InChI=1S/C11H20N4O/c1-5-15-7-6-12-10(11(15)16)13-9(2)8-14(3)4/h6-7,9H,5,8H2,1-4H3,(H,12,13). The molecule has 0 saturated carbocycles. The van der Waals surface area contributed by atoms with Gasteiger partial charge in [0, 0.05) is 31.5 Å². The van der Waals surface area contributed by atoms with Crippen molar-refractivity contribution in [2.45, 2.75) is 26.4 Å². The summed E-state index contributed by atoms with van der Waals surface area (Å²) >= 11 is 0. The highest BCUT2D eigenvalue weighted by atomic mass is 16.1. The summed E-state index contributed by atoms with van der Waals surface area (Å²) in [7, 11) is 4.00. The predicted octanol–water partition coefficient (Wildman–Crippen LogP) is 0.625. The summed E-state index contributed by atoms with van der Waals surface area (Å²) in [4.78, 5) is 18.0. The monoisotopic (exact) mass is 224 g/mol. The van der Waals surface area contributed by atoms with Crippen LogP contribution in [-0.2, 0) is 6.54 Å². The van der Waals surface area contributed by atoms with E-state index in [0.717, 1.165) is 6.54 Å². The van der Waals surface area contributed by atoms with Gasteiger partial charge >= 0.3 is 0 Å². The lowest BCUT2D eigenvalue weighted by Gasteiger charge is -2.18. The van der Waals surface area contributed by atoms with Crippen molar-refractivity contribution in [3.63, 3.8) is 0 Å². The van der Waals surface area contributed by atoms with E-state index in [-0.39, 0.29) is 11.6 Å². The molecule has 0 fully saturated rings. The molecule has 1 heterocycles. The van der Waals surface area contributed by atoms with Crippen LogP contribution in [0.15, 0.2) is 17.2 Å². The summed E-state index contributed by atoms with van der Waals surface area (Å²) in [6.07, 6.45) is 3.35. The van der Waals surface area contributed by atoms with Crippen molar-refractivity contribution in [2.24, 2.45) is 0 Å². The summed E-state index contributed by atoms with van der Waals surface area (Å²) in [6, 6.07) is 0.197. The van der Waals surface area contributed by atoms with Gasteiger partial charge in [0.05, 0.1) is 0 Å². The lowest BCUT2D eigenvalue weighted by atomic mass is 10.3. The third-order valence-electron chi connectivity index (χ3n) is 2.28. The highest BCUT2D eigenvalue weighted by Gasteiger charge is 2.08. The van der Waals surface area contributed by atoms with Crippen LogP contribution in [0.5, 0.6) is 0 Å². The van der Waals surface area contributed by atoms with Crippen LogP contribution in [0.2, 0.25) is 0 Å². The second kappa shape index (κ2) is 5.65. The number of rotatable bonds is 5. The quantitative estimate of drug-likeness (QED) is 0.797. The van der Waals surface area contributed by atoms with Crippen LogP contribution in [-0.4, -0.2) is 41.1 Å². The first-order chi connectivity index (χ1) is 7.54. The molecular weight excluding hydrogens is 204 g/mol. The Hall–Kier alpha value is -1.36. The molecule has 0 amide bonds. The molecule has 1 aromatic heterocycles. The van der Waals surface area contributed by atoms with Gasteiger partial charge in [0.1, 0.15) is 0 Å². The lowest BCUT2D eigenvalue weighted by molar-refractivity contribution is 0.391. The van der Waals surface area contributed by atoms with E-state index < -0.39 is 0 Å². The zero-order chi connectivity index (χ0) is 12.1. The Morgan fingerprint density at radius 3 is 2.81 bits per heavy atom. The highest BCUT2D eigenvalue weighted by molar-refractivity contribution is 5.32. The zero-order valence-electron chi connectivity index (χ0n) is 10.4. The van der Waals surface area contributed by atoms with Crippen molar-refractivity contribution < 1.29 is 0 Å². The van der Waals surface area contributed by atoms with Crippen molar-refractivity contribution in [1.29, 1.82) is 0 Å². The van der Waals surface area contributed by atoms with Crippen LogP contribution in [0.1, 0.15) is 13.8 Å². The molecule has 0 spiro atoms. The molecule has 0 aliphatic carbocycles. The Morgan fingerprint density at radius 1 is 1.56 bits per heavy atom. The van der Waals surface area contributed by atoms with Crippen LogP contribution < -0.4 is 10.9 Å². The number of nitrogens with zero attached hydrogens (tertiary/aromatic N) is 3. The minimum absolute atomic E-state index is 0.0596. The fourth-order valence-electron chi connectivity index (χ4n) is 1.62. The van der Waals surface area contributed by atoms with Crippen LogP contribution in [0.4, 0.5) is 5.82 Å². The minimum Gasteiger partial charge on any atom is -0.362 e. The van der Waals surface area contributed by atoms with Crippen molar-refractivity contribution in [1.82, 2.24) is 14.5 Å². The van der Waals surface area contributed by atoms with Gasteiger partial charge in [-0.3, -0.25) is 4.79 Å². The molecule has 1 atom stereocenters. The topological polar surface area (TPSA) is 50.2 Å². The highest BCUT2D eigenvalue weighted by Crippen LogP contribution is 1.97. The molecular formula is C11H20N4O. The third kappa shape index (κ3) is 3.34. The van der Waals surface area contributed by atoms with Crippen molar-refractivity contribution in [3.8, 4) is 0 Å². The Labute approximate surface area is 96.1 Å². The van der Waals surface area contributed by atoms with E-state index in [4.69, 9.17) is 0 Å². The first-order valence-electron chi connectivity index (χ1n) is 5.51. The second-order valence-corrected chi connectivity index (χ2v) is 4.17. The molecule has 1 rings (SSSR count). The zero-order valence-corrected chi connectivity index (χ0v) is 10.4. The maximum absolute atomic E-state index is 11.8. The van der Waals surface area contributed by atoms with Crippen molar-refractivity contribution in [2.75, 3.05) is 26.0 Å². The summed E-state index contributed by atoms with van der Waals surface area (Å²) in [5.41, 5.74) is -0.0596. The largest absolute Gasteiger partial charge is 0.362 e. The Bertz CT molecular complexity index is 386. The normalized spacial score (nSPS) is 12.8. The van der Waals surface area contributed by atoms with E-state index in [2.05, 4.69) is 15.2 Å². The first kappa shape index (κ1) is 12.7. The number of aryl methyl sites for hydroxylation is 1. The van der Waals surface area contributed by atoms with Gasteiger partial charge in [0.2, 0.25) is 0 Å². The molecule has 0 aromatic carbocycles. The van der Waals surface area contributed by atoms with E-state index >= 15 is 0 Å². The fourth-order valence-corrected chi connectivity index (χ4v) is 1.62. The molecule has 0 aliphatic rings. The third-order valence-corrected chi connectivity index (χ3v) is 2.28. The molecule has 0 bridgehead atoms. The van der Waals surface area contributed by atoms with E-state index in [1.165, 1.54) is 0 Å². The van der Waals surface area contributed by atoms with Gasteiger partial charge in [-0.25, -0.2) is 4.98 Å². The molecule has 0 radical (unpaired) electrons. The van der Waals surface area contributed by atoms with Gasteiger partial charge in [-0.05, 0) is 27.9 Å². The average molecular weight is 224 g/mol. The van der Waals surface area contributed by atoms with Gasteiger partial charge in [-0.1, -0.05) is 0 Å². The van der Waals surface area contributed by atoms with E-state index in [1.807, 2.05) is 27.9 Å². The molecule has 1 aromatic rings. The number of anilines is 1. The summed E-state index contributed by atoms with van der Waals surface area (Å²) < 4.78 is 1.64. The van der Waals surface area contributed by atoms with Crippen molar-refractivity contribution >= 4 is 5.82 Å². The van der Waals surface area contributed by atoms with E-state index in [9.17, 15) is 4.79 Å². The summed E-state index contributed by atoms with van der Waals surface area (Å²) in [6.45, 7) is 5.50. The molecule has 0 aliphatic heterocycles. The molecule has 5 nitrogen and oxygen atoms in total. The lowest BCUT2D eigenvalue weighted by Crippen LogP contribution is -2.33. The van der Waals surface area contributed by atoms with Gasteiger partial charge in [0.25, 0.3) is 5.56 Å². The van der Waals surface area contributed by atoms with Gasteiger partial charge in [-0.2, -0.15) is 0 Å². The molecule has 1 N–H and O–H groups in total. The number of nitrogens with one attached hydrogen (secondary N) is 1. The van der Waals surface area contributed by atoms with E-state index in [1.54, 1.807) is 17.0 Å². The van der Waals surface area contributed by atoms with Gasteiger partial charge in [-0.15, -0.1) is 0 Å². The molecule has 90 valence electrons. The summed E-state index contributed by atoms with van der Waals surface area (Å²) in [5.74, 6) is 0.429. The number of aromatic nitrogens is 2. The maximum Gasteiger partial charge on any atom is 0.293 e. The number of likely N-dealkylation sites (N-methyl/N-ethyl adjacent to an activating group) is 1. The second-order valence-electron chi connectivity index (χ2n) is 4.17. The smallest absolute Gasteiger partial charge is 0.293 e. The first-order valence-corrected chi connectivity index (χ1v) is 5.51. The van der Waals surface area contributed by atoms with Crippen LogP contribution >= 0.6 is 0 Å². The minimum atomic E-state index is -0.0596. The number of hydrogen-bond donors (Lipinski definition) is 1. The number of hydrogen-bond acceptors (Lipinski definition) is 4. The van der Waals surface area contributed by atoms with Gasteiger partial charge in [0.15, 0.2) is 5.82 Å². The molecule has 1 unspecified atom stereocenters. The van der Waals surface area contributed by atoms with E-state index in [0.29, 0.717) is 12.4 Å². The summed E-state index contributed by atoms with van der Waals surface area (Å²) in [5, 5.41) is 3.13. The van der Waals surface area contributed by atoms with Crippen molar-refractivity contribution in [3.05, 3.63) is 22.7 Å². The van der Waals surface area contributed by atoms with Gasteiger partial charge < -0.3 is 14.8 Å². The average Bonchev–Trinajstić information content (AvgIpc) is 2.20. The molecule has 0 saturated heterocycles. The fraction of sp³-hybridized carbons (Fsp3) is 0.636. The maximum atomic E-state index is 11.8. The van der Waals surface area contributed by atoms with Crippen LogP contribution in [0.3, 0.4) is 0 Å². The van der Waals surface area contributed by atoms with Crippen LogP contribution in [0, 0.1) is 0 Å². The van der Waals surface area contributed by atoms with Crippen LogP contribution in [0.25, 0.3) is 0 Å². The predicted molar refractivity (Wildman–Crippen MR) is 65.8 cm³/mol. The SMILES string of the molecule is CCn1ccnc(NC(C)CN(C)C)c1=O. The molecule has 16 heavy (non-hydrogen) atoms.